The van der Waals surface area contributed by atoms with Crippen molar-refractivity contribution in [1.29, 1.82) is 0 Å². The van der Waals surface area contributed by atoms with Gasteiger partial charge in [0.15, 0.2) is 0 Å². The second-order valence-corrected chi connectivity index (χ2v) is 4.69. The maximum atomic E-state index is 11.5. The van der Waals surface area contributed by atoms with Crippen LogP contribution in [0.1, 0.15) is 45.4 Å². The van der Waals surface area contributed by atoms with Crippen molar-refractivity contribution < 1.29 is 9.53 Å². The number of urea groups is 1. The first-order valence-corrected chi connectivity index (χ1v) is 6.92. The molecule has 100 valence electrons. The fraction of sp³-hybridized carbons (Fsp3) is 0.923. The molecule has 0 atom stereocenters. The third-order valence-electron chi connectivity index (χ3n) is 3.23. The average Bonchev–Trinajstić information content (AvgIpc) is 2.37. The molecule has 0 aromatic carbocycles. The van der Waals surface area contributed by atoms with E-state index >= 15 is 0 Å². The zero-order valence-electron chi connectivity index (χ0n) is 11.0. The molecule has 2 amide bonds. The van der Waals surface area contributed by atoms with Crippen LogP contribution in [0.3, 0.4) is 0 Å². The fourth-order valence-electron chi connectivity index (χ4n) is 2.21. The summed E-state index contributed by atoms with van der Waals surface area (Å²) in [5.74, 6) is 0.693. The monoisotopic (exact) mass is 242 g/mol. The van der Waals surface area contributed by atoms with E-state index in [0.29, 0.717) is 12.5 Å². The minimum Gasteiger partial charge on any atom is -0.382 e. The Hall–Kier alpha value is -0.770. The highest BCUT2D eigenvalue weighted by Crippen LogP contribution is 2.22. The summed E-state index contributed by atoms with van der Waals surface area (Å²) in [6.07, 6.45) is 7.42. The molecule has 1 rings (SSSR count). The van der Waals surface area contributed by atoms with E-state index in [1.54, 1.807) is 0 Å². The summed E-state index contributed by atoms with van der Waals surface area (Å²) in [7, 11) is 0. The van der Waals surface area contributed by atoms with Crippen LogP contribution in [-0.2, 0) is 4.74 Å². The number of carbonyl (C=O) groups excluding carboxylic acids is 1. The fourth-order valence-corrected chi connectivity index (χ4v) is 2.21. The van der Waals surface area contributed by atoms with E-state index in [-0.39, 0.29) is 6.03 Å². The quantitative estimate of drug-likeness (QED) is 0.673. The van der Waals surface area contributed by atoms with Gasteiger partial charge in [-0.2, -0.15) is 0 Å². The Balaban J connectivity index is 1.93. The van der Waals surface area contributed by atoms with E-state index < -0.39 is 0 Å². The maximum Gasteiger partial charge on any atom is 0.314 e. The molecule has 0 aromatic heterocycles. The Kier molecular flexibility index (Phi) is 7.80. The molecule has 0 aliphatic heterocycles. The van der Waals surface area contributed by atoms with Crippen molar-refractivity contribution in [3.05, 3.63) is 0 Å². The van der Waals surface area contributed by atoms with Gasteiger partial charge in [0, 0.05) is 26.3 Å². The molecule has 4 nitrogen and oxygen atoms in total. The van der Waals surface area contributed by atoms with Crippen LogP contribution in [0.4, 0.5) is 4.79 Å². The first-order valence-electron chi connectivity index (χ1n) is 6.92. The summed E-state index contributed by atoms with van der Waals surface area (Å²) in [4.78, 5) is 11.5. The first-order chi connectivity index (χ1) is 8.33. The summed E-state index contributed by atoms with van der Waals surface area (Å²) in [5, 5.41) is 5.80. The molecular weight excluding hydrogens is 216 g/mol. The summed E-state index contributed by atoms with van der Waals surface area (Å²) >= 11 is 0. The number of rotatable bonds is 7. The van der Waals surface area contributed by atoms with Gasteiger partial charge in [-0.3, -0.25) is 0 Å². The molecule has 0 spiro atoms. The van der Waals surface area contributed by atoms with E-state index in [1.807, 2.05) is 6.92 Å². The Bertz CT molecular complexity index is 204. The molecule has 1 aliphatic carbocycles. The molecule has 0 radical (unpaired) electrons. The predicted molar refractivity (Wildman–Crippen MR) is 69.1 cm³/mol. The number of hydrogen-bond acceptors (Lipinski definition) is 2. The third kappa shape index (κ3) is 7.21. The molecule has 4 heteroatoms. The highest BCUT2D eigenvalue weighted by atomic mass is 16.5. The lowest BCUT2D eigenvalue weighted by Gasteiger charge is -2.21. The Morgan fingerprint density at radius 2 is 2.00 bits per heavy atom. The number of carbonyl (C=O) groups is 1. The lowest BCUT2D eigenvalue weighted by molar-refractivity contribution is 0.145. The van der Waals surface area contributed by atoms with E-state index in [0.717, 1.165) is 26.2 Å². The molecule has 0 unspecified atom stereocenters. The molecule has 2 N–H and O–H groups in total. The summed E-state index contributed by atoms with van der Waals surface area (Å²) < 4.78 is 5.20. The van der Waals surface area contributed by atoms with E-state index in [9.17, 15) is 4.79 Å². The van der Waals surface area contributed by atoms with Crippen LogP contribution in [0, 0.1) is 5.92 Å². The SMILES string of the molecule is CCOCCCNC(=O)NCC1CCCCC1. The molecular formula is C13H26N2O2. The standard InChI is InChI=1S/C13H26N2O2/c1-2-17-10-6-9-14-13(16)15-11-12-7-4-3-5-8-12/h12H,2-11H2,1H3,(H2,14,15,16). The second kappa shape index (κ2) is 9.28. The van der Waals surface area contributed by atoms with Gasteiger partial charge >= 0.3 is 6.03 Å². The van der Waals surface area contributed by atoms with Crippen LogP contribution in [0.25, 0.3) is 0 Å². The number of nitrogens with one attached hydrogen (secondary N) is 2. The van der Waals surface area contributed by atoms with Crippen LogP contribution in [-0.4, -0.2) is 32.3 Å². The van der Waals surface area contributed by atoms with Gasteiger partial charge in [0.1, 0.15) is 0 Å². The van der Waals surface area contributed by atoms with Gasteiger partial charge in [-0.25, -0.2) is 4.79 Å². The van der Waals surface area contributed by atoms with Gasteiger partial charge in [0.25, 0.3) is 0 Å². The molecule has 1 fully saturated rings. The Morgan fingerprint density at radius 3 is 2.71 bits per heavy atom. The number of amides is 2. The van der Waals surface area contributed by atoms with Gasteiger partial charge in [0.2, 0.25) is 0 Å². The molecule has 1 aliphatic rings. The lowest BCUT2D eigenvalue weighted by Crippen LogP contribution is -2.39. The smallest absolute Gasteiger partial charge is 0.314 e. The van der Waals surface area contributed by atoms with Gasteiger partial charge < -0.3 is 15.4 Å². The minimum absolute atomic E-state index is 0.0351. The summed E-state index contributed by atoms with van der Waals surface area (Å²) in [6, 6.07) is -0.0351. The minimum atomic E-state index is -0.0351. The van der Waals surface area contributed by atoms with Gasteiger partial charge in [-0.15, -0.1) is 0 Å². The molecule has 1 saturated carbocycles. The summed E-state index contributed by atoms with van der Waals surface area (Å²) in [6.45, 7) is 4.96. The first kappa shape index (κ1) is 14.3. The highest BCUT2D eigenvalue weighted by molar-refractivity contribution is 5.73. The van der Waals surface area contributed by atoms with Gasteiger partial charge in [-0.1, -0.05) is 19.3 Å². The van der Waals surface area contributed by atoms with E-state index in [4.69, 9.17) is 4.74 Å². The van der Waals surface area contributed by atoms with Crippen molar-refractivity contribution >= 4 is 6.03 Å². The average molecular weight is 242 g/mol. The Morgan fingerprint density at radius 1 is 1.24 bits per heavy atom. The largest absolute Gasteiger partial charge is 0.382 e. The highest BCUT2D eigenvalue weighted by Gasteiger charge is 2.13. The molecule has 0 heterocycles. The van der Waals surface area contributed by atoms with Crippen molar-refractivity contribution in [2.24, 2.45) is 5.92 Å². The van der Waals surface area contributed by atoms with Crippen LogP contribution in [0.15, 0.2) is 0 Å². The van der Waals surface area contributed by atoms with Crippen molar-refractivity contribution in [1.82, 2.24) is 10.6 Å². The Labute approximate surface area is 104 Å². The predicted octanol–water partition coefficient (Wildman–Crippen LogP) is 2.29. The molecule has 0 aromatic rings. The van der Waals surface area contributed by atoms with Gasteiger partial charge in [-0.05, 0) is 32.1 Å². The van der Waals surface area contributed by atoms with Crippen molar-refractivity contribution in [2.75, 3.05) is 26.3 Å². The zero-order valence-corrected chi connectivity index (χ0v) is 11.0. The van der Waals surface area contributed by atoms with Crippen LogP contribution >= 0.6 is 0 Å². The molecule has 0 saturated heterocycles. The van der Waals surface area contributed by atoms with Crippen LogP contribution < -0.4 is 10.6 Å². The maximum absolute atomic E-state index is 11.5. The van der Waals surface area contributed by atoms with Crippen molar-refractivity contribution in [2.45, 2.75) is 45.4 Å². The summed E-state index contributed by atoms with van der Waals surface area (Å²) in [5.41, 5.74) is 0. The van der Waals surface area contributed by atoms with Gasteiger partial charge in [0.05, 0.1) is 0 Å². The van der Waals surface area contributed by atoms with Crippen molar-refractivity contribution in [3.63, 3.8) is 0 Å². The van der Waals surface area contributed by atoms with Crippen LogP contribution in [0.2, 0.25) is 0 Å². The zero-order chi connectivity index (χ0) is 12.3. The lowest BCUT2D eigenvalue weighted by atomic mass is 9.89. The number of ether oxygens (including phenoxy) is 1. The second-order valence-electron chi connectivity index (χ2n) is 4.69. The van der Waals surface area contributed by atoms with E-state index in [2.05, 4.69) is 10.6 Å². The third-order valence-corrected chi connectivity index (χ3v) is 3.23. The van der Waals surface area contributed by atoms with Crippen molar-refractivity contribution in [3.8, 4) is 0 Å². The normalized spacial score (nSPS) is 16.8. The van der Waals surface area contributed by atoms with Crippen LogP contribution in [0.5, 0.6) is 0 Å². The van der Waals surface area contributed by atoms with E-state index in [1.165, 1.54) is 32.1 Å². The molecule has 17 heavy (non-hydrogen) atoms. The molecule has 0 bridgehead atoms. The topological polar surface area (TPSA) is 50.4 Å². The number of hydrogen-bond donors (Lipinski definition) is 2.